The van der Waals surface area contributed by atoms with Crippen LogP contribution >= 0.6 is 23.4 Å². The van der Waals surface area contributed by atoms with Gasteiger partial charge in [0.25, 0.3) is 0 Å². The lowest BCUT2D eigenvalue weighted by Crippen LogP contribution is -1.91. The molecular weight excluding hydrogens is 206 g/mol. The normalized spacial score (nSPS) is 9.31. The molecule has 2 nitrogen and oxygen atoms in total. The summed E-state index contributed by atoms with van der Waals surface area (Å²) in [5.74, 6) is 1.09. The molecule has 0 fully saturated rings. The molecule has 0 saturated carbocycles. The molecule has 68 valence electrons. The van der Waals surface area contributed by atoms with E-state index >= 15 is 0 Å². The molecule has 0 N–H and O–H groups in total. The Morgan fingerprint density at radius 3 is 3.00 bits per heavy atom. The molecule has 0 unspecified atom stereocenters. The van der Waals surface area contributed by atoms with Gasteiger partial charge in [-0.15, -0.1) is 0 Å². The van der Waals surface area contributed by atoms with Gasteiger partial charge < -0.3 is 4.74 Å². The molecule has 0 bridgehead atoms. The van der Waals surface area contributed by atoms with Crippen molar-refractivity contribution >= 4 is 23.4 Å². The Bertz CT molecular complexity index is 335. The zero-order chi connectivity index (χ0) is 9.68. The van der Waals surface area contributed by atoms with Crippen LogP contribution in [0.2, 0.25) is 5.02 Å². The van der Waals surface area contributed by atoms with Crippen LogP contribution in [0, 0.1) is 17.6 Å². The molecule has 13 heavy (non-hydrogen) atoms. The van der Waals surface area contributed by atoms with Crippen molar-refractivity contribution in [1.29, 1.82) is 5.26 Å². The number of aryl methyl sites for hydroxylation is 1. The number of nitrogens with zero attached hydrogens (tertiary/aromatic N) is 1. The molecule has 0 aliphatic rings. The fourth-order valence-electron chi connectivity index (χ4n) is 0.831. The Morgan fingerprint density at radius 1 is 1.62 bits per heavy atom. The van der Waals surface area contributed by atoms with Gasteiger partial charge in [-0.2, -0.15) is 5.26 Å². The van der Waals surface area contributed by atoms with Crippen LogP contribution < -0.4 is 4.74 Å². The molecule has 1 aromatic rings. The maximum Gasteiger partial charge on any atom is 0.147 e. The molecule has 0 aromatic heterocycles. The fraction of sp³-hybridized carbons (Fsp3) is 0.222. The number of thioether (sulfide) groups is 1. The first-order valence-corrected chi connectivity index (χ1v) is 5.00. The van der Waals surface area contributed by atoms with Crippen LogP contribution in [-0.4, -0.2) is 5.94 Å². The summed E-state index contributed by atoms with van der Waals surface area (Å²) in [6.45, 7) is 1.91. The topological polar surface area (TPSA) is 33.0 Å². The van der Waals surface area contributed by atoms with Crippen molar-refractivity contribution in [1.82, 2.24) is 0 Å². The molecule has 0 amide bonds. The standard InChI is InChI=1S/C9H8ClNOS/c1-7-4-8(2-3-9(7)10)12-6-13-5-11/h2-4H,6H2,1H3. The second-order valence-electron chi connectivity index (χ2n) is 2.41. The van der Waals surface area contributed by atoms with Crippen molar-refractivity contribution in [3.05, 3.63) is 28.8 Å². The van der Waals surface area contributed by atoms with E-state index in [9.17, 15) is 0 Å². The van der Waals surface area contributed by atoms with E-state index in [2.05, 4.69) is 0 Å². The van der Waals surface area contributed by atoms with Crippen LogP contribution in [0.25, 0.3) is 0 Å². The summed E-state index contributed by atoms with van der Waals surface area (Å²) in [5.41, 5.74) is 0.973. The van der Waals surface area contributed by atoms with E-state index in [0.29, 0.717) is 5.94 Å². The SMILES string of the molecule is Cc1cc(OCSC#N)ccc1Cl. The Morgan fingerprint density at radius 2 is 2.38 bits per heavy atom. The van der Waals surface area contributed by atoms with E-state index in [0.717, 1.165) is 28.1 Å². The van der Waals surface area contributed by atoms with Gasteiger partial charge in [0.05, 0.1) is 0 Å². The number of hydrogen-bond donors (Lipinski definition) is 0. The lowest BCUT2D eigenvalue weighted by atomic mass is 10.2. The fourth-order valence-corrected chi connectivity index (χ4v) is 1.20. The van der Waals surface area contributed by atoms with Gasteiger partial charge in [0.1, 0.15) is 17.1 Å². The highest BCUT2D eigenvalue weighted by Gasteiger charge is 1.97. The zero-order valence-corrected chi connectivity index (χ0v) is 8.65. The molecule has 0 atom stereocenters. The van der Waals surface area contributed by atoms with Crippen LogP contribution in [-0.2, 0) is 0 Å². The molecule has 0 aliphatic heterocycles. The molecule has 0 heterocycles. The Hall–Kier alpha value is -0.850. The van der Waals surface area contributed by atoms with Gasteiger partial charge in [0.2, 0.25) is 0 Å². The predicted octanol–water partition coefficient (Wildman–Crippen LogP) is 3.20. The van der Waals surface area contributed by atoms with Gasteiger partial charge in [-0.05, 0) is 42.4 Å². The van der Waals surface area contributed by atoms with Crippen molar-refractivity contribution < 1.29 is 4.74 Å². The van der Waals surface area contributed by atoms with E-state index < -0.39 is 0 Å². The molecular formula is C9H8ClNOS. The third-order valence-corrected chi connectivity index (χ3v) is 2.27. The first-order valence-electron chi connectivity index (χ1n) is 3.64. The Labute approximate surface area is 86.5 Å². The first-order chi connectivity index (χ1) is 6.24. The van der Waals surface area contributed by atoms with Crippen molar-refractivity contribution in [2.45, 2.75) is 6.92 Å². The largest absolute Gasteiger partial charge is 0.482 e. The highest BCUT2D eigenvalue weighted by molar-refractivity contribution is 8.03. The van der Waals surface area contributed by atoms with Crippen LogP contribution in [0.1, 0.15) is 5.56 Å². The van der Waals surface area contributed by atoms with Gasteiger partial charge in [-0.1, -0.05) is 11.6 Å². The highest BCUT2D eigenvalue weighted by Crippen LogP contribution is 2.21. The average Bonchev–Trinajstić information content (AvgIpc) is 2.12. The first kappa shape index (κ1) is 10.2. The second kappa shape index (κ2) is 5.00. The molecule has 1 rings (SSSR count). The minimum atomic E-state index is 0.345. The van der Waals surface area contributed by atoms with E-state index in [1.807, 2.05) is 18.4 Å². The summed E-state index contributed by atoms with van der Waals surface area (Å²) in [6, 6.07) is 5.41. The predicted molar refractivity (Wildman–Crippen MR) is 54.9 cm³/mol. The van der Waals surface area contributed by atoms with Gasteiger partial charge >= 0.3 is 0 Å². The molecule has 0 saturated heterocycles. The van der Waals surface area contributed by atoms with Crippen molar-refractivity contribution in [3.8, 4) is 11.2 Å². The third-order valence-electron chi connectivity index (χ3n) is 1.48. The number of thiocyanates is 1. The van der Waals surface area contributed by atoms with Gasteiger partial charge in [-0.25, -0.2) is 0 Å². The zero-order valence-electron chi connectivity index (χ0n) is 7.08. The lowest BCUT2D eigenvalue weighted by molar-refractivity contribution is 0.393. The number of halogens is 1. The summed E-state index contributed by atoms with van der Waals surface area (Å²) in [5, 5.41) is 10.9. The highest BCUT2D eigenvalue weighted by atomic mass is 35.5. The van der Waals surface area contributed by atoms with Gasteiger partial charge in [-0.3, -0.25) is 0 Å². The minimum Gasteiger partial charge on any atom is -0.482 e. The summed E-state index contributed by atoms with van der Waals surface area (Å²) < 4.78 is 5.26. The summed E-state index contributed by atoms with van der Waals surface area (Å²) in [6.07, 6.45) is 0. The third kappa shape index (κ3) is 3.17. The van der Waals surface area contributed by atoms with E-state index in [1.165, 1.54) is 0 Å². The number of rotatable bonds is 3. The van der Waals surface area contributed by atoms with Crippen molar-refractivity contribution in [2.75, 3.05) is 5.94 Å². The lowest BCUT2D eigenvalue weighted by Gasteiger charge is -2.04. The van der Waals surface area contributed by atoms with Crippen LogP contribution in [0.5, 0.6) is 5.75 Å². The van der Waals surface area contributed by atoms with E-state index in [1.54, 1.807) is 12.1 Å². The van der Waals surface area contributed by atoms with Gasteiger partial charge in [0.15, 0.2) is 0 Å². The number of nitriles is 1. The number of benzene rings is 1. The van der Waals surface area contributed by atoms with Crippen LogP contribution in [0.15, 0.2) is 18.2 Å². The molecule has 1 aromatic carbocycles. The van der Waals surface area contributed by atoms with Crippen LogP contribution in [0.3, 0.4) is 0 Å². The van der Waals surface area contributed by atoms with E-state index in [4.69, 9.17) is 21.6 Å². The smallest absolute Gasteiger partial charge is 0.147 e. The minimum absolute atomic E-state index is 0.345. The molecule has 0 spiro atoms. The van der Waals surface area contributed by atoms with Crippen molar-refractivity contribution in [3.63, 3.8) is 0 Å². The number of ether oxygens (including phenoxy) is 1. The summed E-state index contributed by atoms with van der Waals surface area (Å²) in [4.78, 5) is 0. The van der Waals surface area contributed by atoms with Gasteiger partial charge in [0, 0.05) is 5.02 Å². The summed E-state index contributed by atoms with van der Waals surface area (Å²) in [7, 11) is 0. The Kier molecular flexibility index (Phi) is 3.94. The maximum atomic E-state index is 8.25. The average molecular weight is 214 g/mol. The monoisotopic (exact) mass is 213 g/mol. The maximum absolute atomic E-state index is 8.25. The summed E-state index contributed by atoms with van der Waals surface area (Å²) >= 11 is 6.89. The number of hydrogen-bond acceptors (Lipinski definition) is 3. The quantitative estimate of drug-likeness (QED) is 0.439. The Balaban J connectivity index is 2.59. The van der Waals surface area contributed by atoms with Crippen LogP contribution in [0.4, 0.5) is 0 Å². The molecule has 0 radical (unpaired) electrons. The molecule has 0 aliphatic carbocycles. The second-order valence-corrected chi connectivity index (χ2v) is 3.52. The molecule has 4 heteroatoms. The van der Waals surface area contributed by atoms with E-state index in [-0.39, 0.29) is 0 Å². The van der Waals surface area contributed by atoms with Crippen molar-refractivity contribution in [2.24, 2.45) is 0 Å².